The Morgan fingerprint density at radius 2 is 1.47 bits per heavy atom. The molecule has 0 amide bonds. The molecule has 1 aromatic carbocycles. The molecule has 0 radical (unpaired) electrons. The predicted molar refractivity (Wildman–Crippen MR) is 151 cm³/mol. The van der Waals surface area contributed by atoms with Crippen LogP contribution in [0.25, 0.3) is 0 Å². The van der Waals surface area contributed by atoms with Gasteiger partial charge >= 0.3 is 0 Å². The van der Waals surface area contributed by atoms with E-state index in [4.69, 9.17) is 0 Å². The Morgan fingerprint density at radius 3 is 1.97 bits per heavy atom. The normalized spacial score (nSPS) is 39.3. The molecule has 2 nitrogen and oxygen atoms in total. The zero-order chi connectivity index (χ0) is 23.3. The molecular weight excluding hydrogens is 450 g/mol. The van der Waals surface area contributed by atoms with Crippen LogP contribution in [0.4, 0.5) is 0 Å². The van der Waals surface area contributed by atoms with Gasteiger partial charge < -0.3 is 10.6 Å². The van der Waals surface area contributed by atoms with Crippen LogP contribution in [0, 0.1) is 23.2 Å². The lowest BCUT2D eigenvalue weighted by Crippen LogP contribution is -2.48. The highest BCUT2D eigenvalue weighted by molar-refractivity contribution is 7.58. The topological polar surface area (TPSA) is 24.1 Å². The Bertz CT molecular complexity index is 798. The third-order valence-electron chi connectivity index (χ3n) is 10.0. The SMILES string of the molecule is CC(C)(C)PC(c1ccccc1CP(C1CCNC1)C1CCNC1)C12CC3CC(CC(C3)C1)C2. The van der Waals surface area contributed by atoms with E-state index in [2.05, 4.69) is 55.7 Å². The van der Waals surface area contributed by atoms with Crippen molar-refractivity contribution in [3.63, 3.8) is 0 Å². The Morgan fingerprint density at radius 1 is 0.912 bits per heavy atom. The van der Waals surface area contributed by atoms with Crippen molar-refractivity contribution in [2.75, 3.05) is 26.2 Å². The van der Waals surface area contributed by atoms with Crippen LogP contribution in [0.15, 0.2) is 24.3 Å². The van der Waals surface area contributed by atoms with E-state index in [1.165, 1.54) is 64.4 Å². The molecule has 2 N–H and O–H groups in total. The van der Waals surface area contributed by atoms with Crippen molar-refractivity contribution < 1.29 is 0 Å². The fraction of sp³-hybridized carbons (Fsp3) is 0.800. The summed E-state index contributed by atoms with van der Waals surface area (Å²) in [5, 5.41) is 7.85. The summed E-state index contributed by atoms with van der Waals surface area (Å²) in [5.41, 5.74) is 6.79. The maximum absolute atomic E-state index is 3.72. The zero-order valence-corrected chi connectivity index (χ0v) is 23.8. The first-order valence-electron chi connectivity index (χ1n) is 14.4. The standard InChI is InChI=1S/C30H48N2P2/c1-29(2,3)33-28(30-15-21-12-22(16-30)14-23(13-21)17-30)27-7-5-4-6-24(27)20-34(25-8-10-31-18-25)26-9-11-32-19-26/h4-7,21-23,25-26,28,31-33H,8-20H2,1-3H3. The van der Waals surface area contributed by atoms with Gasteiger partial charge in [-0.3, -0.25) is 0 Å². The fourth-order valence-electron chi connectivity index (χ4n) is 9.08. The van der Waals surface area contributed by atoms with E-state index in [1.807, 2.05) is 0 Å². The van der Waals surface area contributed by atoms with Crippen LogP contribution in [-0.4, -0.2) is 42.7 Å². The minimum absolute atomic E-state index is 0.0316. The second-order valence-corrected chi connectivity index (χ2v) is 18.9. The van der Waals surface area contributed by atoms with Gasteiger partial charge in [-0.1, -0.05) is 53.0 Å². The molecule has 0 aromatic heterocycles. The van der Waals surface area contributed by atoms with E-state index >= 15 is 0 Å². The van der Waals surface area contributed by atoms with Crippen molar-refractivity contribution in [2.24, 2.45) is 23.2 Å². The van der Waals surface area contributed by atoms with E-state index in [9.17, 15) is 0 Å². The molecule has 2 saturated heterocycles. The van der Waals surface area contributed by atoms with Crippen LogP contribution in [0.3, 0.4) is 0 Å². The Kier molecular flexibility index (Phi) is 6.95. The van der Waals surface area contributed by atoms with Gasteiger partial charge in [0.1, 0.15) is 0 Å². The van der Waals surface area contributed by atoms with Gasteiger partial charge in [0.2, 0.25) is 0 Å². The number of rotatable bonds is 7. The second-order valence-electron chi connectivity index (χ2n) is 13.8. The van der Waals surface area contributed by atoms with Crippen molar-refractivity contribution in [1.29, 1.82) is 0 Å². The molecule has 0 spiro atoms. The molecule has 6 aliphatic rings. The van der Waals surface area contributed by atoms with Gasteiger partial charge in [0, 0.05) is 18.7 Å². The van der Waals surface area contributed by atoms with E-state index in [-0.39, 0.29) is 7.92 Å². The second kappa shape index (κ2) is 9.71. The third-order valence-corrected chi connectivity index (χ3v) is 15.5. The smallest absolute Gasteiger partial charge is 0.00784 e. The number of benzene rings is 1. The van der Waals surface area contributed by atoms with Gasteiger partial charge in [-0.05, 0) is 121 Å². The van der Waals surface area contributed by atoms with Crippen LogP contribution >= 0.6 is 16.5 Å². The highest BCUT2D eigenvalue weighted by Gasteiger charge is 2.55. The summed E-state index contributed by atoms with van der Waals surface area (Å²) >= 11 is 0. The first kappa shape index (κ1) is 24.3. The van der Waals surface area contributed by atoms with Gasteiger partial charge in [-0.15, -0.1) is 8.58 Å². The average Bonchev–Trinajstić information content (AvgIpc) is 3.49. The Labute approximate surface area is 212 Å². The van der Waals surface area contributed by atoms with Crippen molar-refractivity contribution in [3.05, 3.63) is 35.4 Å². The van der Waals surface area contributed by atoms with Crippen molar-refractivity contribution in [3.8, 4) is 0 Å². The number of hydrogen-bond donors (Lipinski definition) is 2. The highest BCUT2D eigenvalue weighted by Crippen LogP contribution is 2.70. The summed E-state index contributed by atoms with van der Waals surface area (Å²) < 4.78 is 0. The average molecular weight is 499 g/mol. The number of hydrogen-bond acceptors (Lipinski definition) is 2. The van der Waals surface area contributed by atoms with Gasteiger partial charge in [0.15, 0.2) is 0 Å². The van der Waals surface area contributed by atoms with Crippen LogP contribution in [0.5, 0.6) is 0 Å². The minimum Gasteiger partial charge on any atom is -0.316 e. The van der Waals surface area contributed by atoms with E-state index in [0.29, 0.717) is 10.6 Å². The van der Waals surface area contributed by atoms with Crippen molar-refractivity contribution >= 4 is 16.5 Å². The zero-order valence-electron chi connectivity index (χ0n) is 21.9. The van der Waals surface area contributed by atoms with Crippen molar-refractivity contribution in [2.45, 2.75) is 100 Å². The van der Waals surface area contributed by atoms with E-state index in [1.54, 1.807) is 30.4 Å². The Hall–Kier alpha value is -0.0000000000000000416. The summed E-state index contributed by atoms with van der Waals surface area (Å²) in [5.74, 6) is 3.12. The summed E-state index contributed by atoms with van der Waals surface area (Å²) in [4.78, 5) is 0. The van der Waals surface area contributed by atoms with Gasteiger partial charge in [0.25, 0.3) is 0 Å². The lowest BCUT2D eigenvalue weighted by Gasteiger charge is -2.60. The third kappa shape index (κ3) is 4.93. The largest absolute Gasteiger partial charge is 0.316 e. The van der Waals surface area contributed by atoms with E-state index in [0.717, 1.165) is 43.3 Å². The maximum atomic E-state index is 3.72. The molecule has 4 aliphatic carbocycles. The molecule has 34 heavy (non-hydrogen) atoms. The number of nitrogens with one attached hydrogen (secondary N) is 2. The Balaban J connectivity index is 1.35. The molecule has 4 saturated carbocycles. The highest BCUT2D eigenvalue weighted by atomic mass is 31.1. The monoisotopic (exact) mass is 498 g/mol. The van der Waals surface area contributed by atoms with Gasteiger partial charge in [0.05, 0.1) is 0 Å². The summed E-state index contributed by atoms with van der Waals surface area (Å²) in [7, 11) is 1.07. The molecule has 7 rings (SSSR count). The minimum atomic E-state index is 0.0316. The summed E-state index contributed by atoms with van der Waals surface area (Å²) in [6, 6.07) is 9.92. The molecular formula is C30H48N2P2. The molecule has 2 heterocycles. The van der Waals surface area contributed by atoms with Crippen LogP contribution in [-0.2, 0) is 6.16 Å². The molecule has 1 aromatic rings. The molecule has 4 heteroatoms. The summed E-state index contributed by atoms with van der Waals surface area (Å²) in [6.07, 6.45) is 13.5. The molecule has 4 atom stereocenters. The molecule has 4 unspecified atom stereocenters. The lowest BCUT2D eigenvalue weighted by atomic mass is 9.48. The summed E-state index contributed by atoms with van der Waals surface area (Å²) in [6.45, 7) is 12.6. The fourth-order valence-corrected chi connectivity index (χ4v) is 14.5. The molecule has 188 valence electrons. The molecule has 6 fully saturated rings. The first-order valence-corrected chi connectivity index (χ1v) is 17.2. The first-order chi connectivity index (χ1) is 16.4. The van der Waals surface area contributed by atoms with Gasteiger partial charge in [-0.2, -0.15) is 0 Å². The maximum Gasteiger partial charge on any atom is 0.00784 e. The quantitative estimate of drug-likeness (QED) is 0.391. The van der Waals surface area contributed by atoms with Crippen LogP contribution < -0.4 is 10.6 Å². The molecule has 2 aliphatic heterocycles. The lowest BCUT2D eigenvalue weighted by molar-refractivity contribution is -0.0548. The van der Waals surface area contributed by atoms with Crippen LogP contribution in [0.2, 0.25) is 0 Å². The molecule has 4 bridgehead atoms. The van der Waals surface area contributed by atoms with E-state index < -0.39 is 0 Å². The van der Waals surface area contributed by atoms with Gasteiger partial charge in [-0.25, -0.2) is 0 Å². The predicted octanol–water partition coefficient (Wildman–Crippen LogP) is 7.13. The van der Waals surface area contributed by atoms with Crippen LogP contribution in [0.1, 0.15) is 88.9 Å². The van der Waals surface area contributed by atoms with Crippen molar-refractivity contribution in [1.82, 2.24) is 10.6 Å².